The van der Waals surface area contributed by atoms with Crippen molar-refractivity contribution in [3.63, 3.8) is 0 Å². The Morgan fingerprint density at radius 1 is 0.625 bits per heavy atom. The van der Waals surface area contributed by atoms with Crippen molar-refractivity contribution in [2.45, 2.75) is 32.3 Å². The lowest BCUT2D eigenvalue weighted by Gasteiger charge is -2.10. The summed E-state index contributed by atoms with van der Waals surface area (Å²) in [4.78, 5) is 0. The third-order valence-electron chi connectivity index (χ3n) is 5.81. The van der Waals surface area contributed by atoms with Crippen molar-refractivity contribution in [1.82, 2.24) is 0 Å². The Morgan fingerprint density at radius 2 is 1.28 bits per heavy atom. The normalized spacial score (nSPS) is 11.2. The van der Waals surface area contributed by atoms with Crippen LogP contribution in [0.2, 0.25) is 0 Å². The first-order chi connectivity index (χ1) is 15.5. The summed E-state index contributed by atoms with van der Waals surface area (Å²) in [6.45, 7) is 0.388. The van der Waals surface area contributed by atoms with Gasteiger partial charge >= 0.3 is 0 Å². The zero-order valence-electron chi connectivity index (χ0n) is 18.0. The molecule has 0 bridgehead atoms. The summed E-state index contributed by atoms with van der Waals surface area (Å²) < 4.78 is 47.5. The van der Waals surface area contributed by atoms with Crippen LogP contribution in [0.1, 0.15) is 27.8 Å². The van der Waals surface area contributed by atoms with E-state index in [2.05, 4.69) is 0 Å². The molecule has 1 nitrogen and oxygen atoms in total. The first kappa shape index (κ1) is 22.1. The molecule has 0 N–H and O–H groups in total. The maximum atomic E-state index is 15.1. The van der Waals surface area contributed by atoms with E-state index in [1.54, 1.807) is 31.4 Å². The molecule has 0 spiro atoms. The van der Waals surface area contributed by atoms with Crippen molar-refractivity contribution in [2.75, 3.05) is 7.11 Å². The van der Waals surface area contributed by atoms with Crippen LogP contribution >= 0.6 is 0 Å². The summed E-state index contributed by atoms with van der Waals surface area (Å²) in [7, 11) is 1.59. The first-order valence-corrected chi connectivity index (χ1v) is 10.7. The van der Waals surface area contributed by atoms with Gasteiger partial charge in [-0.2, -0.15) is 0 Å². The summed E-state index contributed by atoms with van der Waals surface area (Å²) >= 11 is 0. The second kappa shape index (κ2) is 10.0. The van der Waals surface area contributed by atoms with Gasteiger partial charge in [0, 0.05) is 12.5 Å². The number of aryl methyl sites for hydroxylation is 4. The molecule has 0 aromatic heterocycles. The molecule has 32 heavy (non-hydrogen) atoms. The molecule has 4 aromatic carbocycles. The number of halogens is 3. The highest BCUT2D eigenvalue weighted by molar-refractivity contribution is 5.84. The van der Waals surface area contributed by atoms with Gasteiger partial charge in [-0.05, 0) is 77.1 Å². The molecular weight excluding hydrogens is 409 g/mol. The van der Waals surface area contributed by atoms with E-state index >= 15 is 4.39 Å². The van der Waals surface area contributed by atoms with Crippen molar-refractivity contribution in [3.8, 4) is 0 Å². The van der Waals surface area contributed by atoms with Gasteiger partial charge in [0.2, 0.25) is 0 Å². The molecule has 0 aliphatic rings. The second-order valence-electron chi connectivity index (χ2n) is 8.08. The lowest BCUT2D eigenvalue weighted by molar-refractivity contribution is 0.184. The lowest BCUT2D eigenvalue weighted by Crippen LogP contribution is -1.98. The van der Waals surface area contributed by atoms with E-state index in [9.17, 15) is 8.78 Å². The van der Waals surface area contributed by atoms with E-state index in [0.29, 0.717) is 48.8 Å². The highest BCUT2D eigenvalue weighted by Crippen LogP contribution is 2.25. The van der Waals surface area contributed by atoms with Gasteiger partial charge in [0.25, 0.3) is 0 Å². The quantitative estimate of drug-likeness (QED) is 0.291. The molecule has 0 radical (unpaired) electrons. The molecule has 4 rings (SSSR count). The molecule has 4 aromatic rings. The zero-order chi connectivity index (χ0) is 22.5. The van der Waals surface area contributed by atoms with Crippen LogP contribution in [0.15, 0.2) is 72.8 Å². The highest BCUT2D eigenvalue weighted by atomic mass is 19.1. The average Bonchev–Trinajstić information content (AvgIpc) is 2.79. The van der Waals surface area contributed by atoms with E-state index in [-0.39, 0.29) is 17.5 Å². The third kappa shape index (κ3) is 5.20. The van der Waals surface area contributed by atoms with Gasteiger partial charge in [-0.15, -0.1) is 0 Å². The van der Waals surface area contributed by atoms with Gasteiger partial charge in [0.05, 0.1) is 6.61 Å². The van der Waals surface area contributed by atoms with Gasteiger partial charge < -0.3 is 4.74 Å². The minimum atomic E-state index is -0.271. The molecule has 0 atom stereocenters. The number of rotatable bonds is 8. The Labute approximate surface area is 186 Å². The fourth-order valence-electron chi connectivity index (χ4n) is 3.99. The fraction of sp³-hybridized carbons (Fsp3) is 0.214. The molecule has 0 unspecified atom stereocenters. The van der Waals surface area contributed by atoms with Crippen LogP contribution < -0.4 is 0 Å². The Hall–Kier alpha value is -3.11. The number of hydrogen-bond acceptors (Lipinski definition) is 1. The highest BCUT2D eigenvalue weighted by Gasteiger charge is 2.10. The summed E-state index contributed by atoms with van der Waals surface area (Å²) in [5.74, 6) is -0.708. The monoisotopic (exact) mass is 434 g/mol. The van der Waals surface area contributed by atoms with Crippen LogP contribution in [0.5, 0.6) is 0 Å². The maximum absolute atomic E-state index is 15.1. The van der Waals surface area contributed by atoms with Crippen molar-refractivity contribution in [2.24, 2.45) is 0 Å². The Morgan fingerprint density at radius 3 is 2.03 bits per heavy atom. The van der Waals surface area contributed by atoms with Crippen molar-refractivity contribution in [3.05, 3.63) is 118 Å². The van der Waals surface area contributed by atoms with Gasteiger partial charge in [-0.1, -0.05) is 54.6 Å². The SMILES string of the molecule is COCc1ccc(CCc2ccc3c(F)c(CCc4ccc(F)cc4)ccc3c2)c(F)c1. The second-order valence-corrected chi connectivity index (χ2v) is 8.08. The predicted molar refractivity (Wildman–Crippen MR) is 122 cm³/mol. The molecule has 0 saturated carbocycles. The predicted octanol–water partition coefficient (Wildman–Crippen LogP) is 6.97. The van der Waals surface area contributed by atoms with Crippen molar-refractivity contribution >= 4 is 10.8 Å². The Bertz CT molecular complexity index is 1220. The van der Waals surface area contributed by atoms with Crippen molar-refractivity contribution in [1.29, 1.82) is 0 Å². The average molecular weight is 435 g/mol. The van der Waals surface area contributed by atoms with E-state index in [1.165, 1.54) is 18.2 Å². The van der Waals surface area contributed by atoms with Crippen LogP contribution in [0.4, 0.5) is 13.2 Å². The lowest BCUT2D eigenvalue weighted by atomic mass is 9.97. The van der Waals surface area contributed by atoms with Gasteiger partial charge in [0.1, 0.15) is 17.5 Å². The number of ether oxygens (including phenoxy) is 1. The standard InChI is InChI=1S/C28H25F3O/c1-32-18-21-4-9-22(27(30)17-21)8-3-20-7-15-26-24(16-20)12-11-23(28(26)31)10-2-19-5-13-25(29)14-6-19/h4-7,9,11-17H,2-3,8,10,18H2,1H3. The Balaban J connectivity index is 1.45. The summed E-state index contributed by atoms with van der Waals surface area (Å²) in [5.41, 5.74) is 4.13. The summed E-state index contributed by atoms with van der Waals surface area (Å²) in [6, 6.07) is 20.9. The topological polar surface area (TPSA) is 9.23 Å². The summed E-state index contributed by atoms with van der Waals surface area (Å²) in [6.07, 6.45) is 2.44. The van der Waals surface area contributed by atoms with Crippen LogP contribution in [-0.4, -0.2) is 7.11 Å². The molecular formula is C28H25F3O. The van der Waals surface area contributed by atoms with E-state index in [1.807, 2.05) is 30.3 Å². The number of methoxy groups -OCH3 is 1. The number of fused-ring (bicyclic) bond motifs is 1. The van der Waals surface area contributed by atoms with Crippen LogP contribution in [0, 0.1) is 17.5 Å². The molecule has 164 valence electrons. The van der Waals surface area contributed by atoms with Crippen LogP contribution in [0.25, 0.3) is 10.8 Å². The number of benzene rings is 4. The summed E-state index contributed by atoms with van der Waals surface area (Å²) in [5, 5.41) is 1.42. The fourth-order valence-corrected chi connectivity index (χ4v) is 3.99. The first-order valence-electron chi connectivity index (χ1n) is 10.7. The van der Waals surface area contributed by atoms with Gasteiger partial charge in [0.15, 0.2) is 0 Å². The van der Waals surface area contributed by atoms with Crippen LogP contribution in [0.3, 0.4) is 0 Å². The largest absolute Gasteiger partial charge is 0.380 e. The molecule has 0 aliphatic carbocycles. The minimum absolute atomic E-state index is 0.212. The van der Waals surface area contributed by atoms with E-state index in [0.717, 1.165) is 22.1 Å². The van der Waals surface area contributed by atoms with E-state index in [4.69, 9.17) is 4.74 Å². The Kier molecular flexibility index (Phi) is 6.91. The number of hydrogen-bond donors (Lipinski definition) is 0. The van der Waals surface area contributed by atoms with Gasteiger partial charge in [-0.3, -0.25) is 0 Å². The minimum Gasteiger partial charge on any atom is -0.380 e. The van der Waals surface area contributed by atoms with Crippen molar-refractivity contribution < 1.29 is 17.9 Å². The molecule has 0 saturated heterocycles. The third-order valence-corrected chi connectivity index (χ3v) is 5.81. The smallest absolute Gasteiger partial charge is 0.134 e. The maximum Gasteiger partial charge on any atom is 0.134 e. The molecule has 4 heteroatoms. The molecule has 0 aliphatic heterocycles. The van der Waals surface area contributed by atoms with Crippen LogP contribution in [-0.2, 0) is 37.0 Å². The van der Waals surface area contributed by atoms with E-state index < -0.39 is 0 Å². The van der Waals surface area contributed by atoms with Gasteiger partial charge in [-0.25, -0.2) is 13.2 Å². The molecule has 0 fully saturated rings. The molecule has 0 heterocycles. The molecule has 0 amide bonds. The zero-order valence-corrected chi connectivity index (χ0v) is 18.0.